The van der Waals surface area contributed by atoms with Crippen LogP contribution in [-0.4, -0.2) is 42.9 Å². The summed E-state index contributed by atoms with van der Waals surface area (Å²) in [5, 5.41) is 9.55. The standard InChI is InChI=1S/C22H20ClF2N3O/c23-18-5-2-4-17(12-18)20(29)28-10-8-22(24,25)21(15-28)7-9-27(14-21)19-6-1-3-16(11-19)13-26/h1-6,11-12H,7-10,14-15H2. The normalized spacial score (nSPS) is 23.2. The van der Waals surface area contributed by atoms with Crippen LogP contribution in [0.4, 0.5) is 14.5 Å². The van der Waals surface area contributed by atoms with Crippen LogP contribution < -0.4 is 4.90 Å². The van der Waals surface area contributed by atoms with Gasteiger partial charge < -0.3 is 9.80 Å². The van der Waals surface area contributed by atoms with Crippen molar-refractivity contribution in [3.8, 4) is 6.07 Å². The van der Waals surface area contributed by atoms with Gasteiger partial charge in [-0.05, 0) is 42.8 Å². The molecular weight excluding hydrogens is 396 g/mol. The Hall–Kier alpha value is -2.65. The minimum absolute atomic E-state index is 0.000211. The van der Waals surface area contributed by atoms with Crippen molar-refractivity contribution in [1.29, 1.82) is 5.26 Å². The number of alkyl halides is 2. The number of carbonyl (C=O) groups excluding carboxylic acids is 1. The molecule has 2 fully saturated rings. The van der Waals surface area contributed by atoms with Crippen LogP contribution in [0.2, 0.25) is 5.02 Å². The van der Waals surface area contributed by atoms with Gasteiger partial charge in [-0.3, -0.25) is 4.79 Å². The van der Waals surface area contributed by atoms with Crippen molar-refractivity contribution in [2.75, 3.05) is 31.1 Å². The molecule has 4 rings (SSSR count). The summed E-state index contributed by atoms with van der Waals surface area (Å²) in [4.78, 5) is 16.3. The number of hydrogen-bond acceptors (Lipinski definition) is 3. The van der Waals surface area contributed by atoms with Gasteiger partial charge in [-0.1, -0.05) is 23.7 Å². The third-order valence-corrected chi connectivity index (χ3v) is 6.25. The van der Waals surface area contributed by atoms with Gasteiger partial charge in [0.2, 0.25) is 0 Å². The summed E-state index contributed by atoms with van der Waals surface area (Å²) in [7, 11) is 0. The van der Waals surface area contributed by atoms with Crippen LogP contribution in [0.15, 0.2) is 48.5 Å². The lowest BCUT2D eigenvalue weighted by molar-refractivity contribution is -0.150. The SMILES string of the molecule is N#Cc1cccc(N2CCC3(CN(C(=O)c4cccc(Cl)c4)CCC3(F)F)C2)c1. The summed E-state index contributed by atoms with van der Waals surface area (Å²) in [6.45, 7) is 0.627. The van der Waals surface area contributed by atoms with Crippen LogP contribution in [0.3, 0.4) is 0 Å². The van der Waals surface area contributed by atoms with Gasteiger partial charge in [0, 0.05) is 48.9 Å². The molecule has 2 aliphatic heterocycles. The molecule has 29 heavy (non-hydrogen) atoms. The molecule has 0 N–H and O–H groups in total. The lowest BCUT2D eigenvalue weighted by Gasteiger charge is -2.46. The van der Waals surface area contributed by atoms with Crippen molar-refractivity contribution in [1.82, 2.24) is 4.90 Å². The fourth-order valence-electron chi connectivity index (χ4n) is 4.37. The molecular formula is C22H20ClF2N3O. The largest absolute Gasteiger partial charge is 0.371 e. The minimum Gasteiger partial charge on any atom is -0.371 e. The van der Waals surface area contributed by atoms with Gasteiger partial charge in [-0.25, -0.2) is 8.78 Å². The molecule has 2 aromatic carbocycles. The van der Waals surface area contributed by atoms with E-state index in [9.17, 15) is 4.79 Å². The third kappa shape index (κ3) is 3.56. The Bertz CT molecular complexity index is 990. The lowest BCUT2D eigenvalue weighted by atomic mass is 9.75. The van der Waals surface area contributed by atoms with E-state index in [4.69, 9.17) is 16.9 Å². The highest BCUT2D eigenvalue weighted by molar-refractivity contribution is 6.30. The van der Waals surface area contributed by atoms with Gasteiger partial charge in [-0.15, -0.1) is 0 Å². The van der Waals surface area contributed by atoms with Crippen LogP contribution >= 0.6 is 11.6 Å². The van der Waals surface area contributed by atoms with Crippen molar-refractivity contribution in [3.63, 3.8) is 0 Å². The van der Waals surface area contributed by atoms with Crippen LogP contribution in [0.25, 0.3) is 0 Å². The molecule has 1 atom stereocenters. The fraction of sp³-hybridized carbons (Fsp3) is 0.364. The first-order valence-electron chi connectivity index (χ1n) is 9.51. The average Bonchev–Trinajstić information content (AvgIpc) is 3.15. The zero-order valence-corrected chi connectivity index (χ0v) is 16.5. The number of nitriles is 1. The van der Waals surface area contributed by atoms with Gasteiger partial charge in [0.15, 0.2) is 0 Å². The van der Waals surface area contributed by atoms with Gasteiger partial charge >= 0.3 is 0 Å². The van der Waals surface area contributed by atoms with Crippen molar-refractivity contribution < 1.29 is 13.6 Å². The molecule has 7 heteroatoms. The molecule has 2 aromatic rings. The highest BCUT2D eigenvalue weighted by Gasteiger charge is 2.60. The highest BCUT2D eigenvalue weighted by Crippen LogP contribution is 2.50. The second kappa shape index (κ2) is 7.31. The Kier molecular flexibility index (Phi) is 4.95. The Balaban J connectivity index is 1.58. The second-order valence-corrected chi connectivity index (χ2v) is 8.24. The average molecular weight is 416 g/mol. The monoisotopic (exact) mass is 415 g/mol. The quantitative estimate of drug-likeness (QED) is 0.720. The molecule has 0 saturated carbocycles. The minimum atomic E-state index is -2.86. The molecule has 0 aromatic heterocycles. The Labute approximate surface area is 173 Å². The van der Waals surface area contributed by atoms with E-state index >= 15 is 8.78 Å². The zero-order valence-electron chi connectivity index (χ0n) is 15.7. The number of hydrogen-bond donors (Lipinski definition) is 0. The van der Waals surface area contributed by atoms with Gasteiger partial charge in [0.1, 0.15) is 0 Å². The van der Waals surface area contributed by atoms with E-state index in [1.165, 1.54) is 4.90 Å². The molecule has 4 nitrogen and oxygen atoms in total. The van der Waals surface area contributed by atoms with E-state index in [0.717, 1.165) is 5.69 Å². The Morgan fingerprint density at radius 2 is 1.86 bits per heavy atom. The molecule has 1 spiro atoms. The molecule has 2 aliphatic rings. The smallest absolute Gasteiger partial charge is 0.258 e. The summed E-state index contributed by atoms with van der Waals surface area (Å²) in [5.41, 5.74) is 0.364. The third-order valence-electron chi connectivity index (χ3n) is 6.02. The maximum atomic E-state index is 15.1. The van der Waals surface area contributed by atoms with Gasteiger partial charge in [-0.2, -0.15) is 5.26 Å². The maximum absolute atomic E-state index is 15.1. The van der Waals surface area contributed by atoms with Crippen molar-refractivity contribution >= 4 is 23.2 Å². The first kappa shape index (κ1) is 19.7. The lowest BCUT2D eigenvalue weighted by Crippen LogP contribution is -2.58. The zero-order chi connectivity index (χ0) is 20.6. The number of halogens is 3. The molecule has 0 bridgehead atoms. The van der Waals surface area contributed by atoms with Gasteiger partial charge in [0.05, 0.1) is 17.0 Å². The van der Waals surface area contributed by atoms with E-state index in [2.05, 4.69) is 6.07 Å². The molecule has 1 unspecified atom stereocenters. The summed E-state index contributed by atoms with van der Waals surface area (Å²) >= 11 is 5.99. The van der Waals surface area contributed by atoms with Crippen LogP contribution in [-0.2, 0) is 0 Å². The van der Waals surface area contributed by atoms with Crippen LogP contribution in [0.5, 0.6) is 0 Å². The van der Waals surface area contributed by atoms with Crippen molar-refractivity contribution in [3.05, 3.63) is 64.7 Å². The van der Waals surface area contributed by atoms with Crippen molar-refractivity contribution in [2.45, 2.75) is 18.8 Å². The number of rotatable bonds is 2. The Morgan fingerprint density at radius 3 is 2.62 bits per heavy atom. The highest BCUT2D eigenvalue weighted by atomic mass is 35.5. The van der Waals surface area contributed by atoms with E-state index in [1.807, 2.05) is 11.0 Å². The molecule has 150 valence electrons. The molecule has 0 aliphatic carbocycles. The summed E-state index contributed by atoms with van der Waals surface area (Å²) < 4.78 is 30.1. The number of piperidine rings is 1. The summed E-state index contributed by atoms with van der Waals surface area (Å²) in [6.07, 6.45) is -0.0680. The van der Waals surface area contributed by atoms with Crippen LogP contribution in [0.1, 0.15) is 28.8 Å². The van der Waals surface area contributed by atoms with E-state index in [1.54, 1.807) is 42.5 Å². The molecule has 2 saturated heterocycles. The number of likely N-dealkylation sites (tertiary alicyclic amines) is 1. The summed E-state index contributed by atoms with van der Waals surface area (Å²) in [5.74, 6) is -3.13. The molecule has 1 amide bonds. The van der Waals surface area contributed by atoms with E-state index in [0.29, 0.717) is 22.7 Å². The predicted molar refractivity (Wildman–Crippen MR) is 107 cm³/mol. The fourth-order valence-corrected chi connectivity index (χ4v) is 4.56. The van der Waals surface area contributed by atoms with Crippen molar-refractivity contribution in [2.24, 2.45) is 5.41 Å². The van der Waals surface area contributed by atoms with Gasteiger partial charge in [0.25, 0.3) is 11.8 Å². The maximum Gasteiger partial charge on any atom is 0.258 e. The van der Waals surface area contributed by atoms with E-state index < -0.39 is 11.3 Å². The molecule has 0 radical (unpaired) electrons. The molecule has 2 heterocycles. The number of anilines is 1. The predicted octanol–water partition coefficient (Wildman–Crippen LogP) is 4.59. The number of nitrogens with zero attached hydrogens (tertiary/aromatic N) is 3. The number of carbonyl (C=O) groups is 1. The topological polar surface area (TPSA) is 47.3 Å². The number of amides is 1. The first-order chi connectivity index (χ1) is 13.8. The number of benzene rings is 2. The summed E-state index contributed by atoms with van der Waals surface area (Å²) in [6, 6.07) is 15.7. The van der Waals surface area contributed by atoms with E-state index in [-0.39, 0.29) is 38.4 Å². The Morgan fingerprint density at radius 1 is 1.07 bits per heavy atom. The second-order valence-electron chi connectivity index (χ2n) is 7.81. The first-order valence-corrected chi connectivity index (χ1v) is 9.89. The van der Waals surface area contributed by atoms with Crippen LogP contribution in [0, 0.1) is 16.7 Å².